The summed E-state index contributed by atoms with van der Waals surface area (Å²) in [6, 6.07) is 18.7. The molecule has 1 N–H and O–H groups in total. The number of nitrogens with one attached hydrogen (secondary N) is 1. The van der Waals surface area contributed by atoms with Crippen LogP contribution in [0.15, 0.2) is 65.0 Å². The van der Waals surface area contributed by atoms with Crippen molar-refractivity contribution in [3.05, 3.63) is 71.8 Å². The molecule has 1 heterocycles. The minimum Gasteiger partial charge on any atom is -0.301 e. The van der Waals surface area contributed by atoms with E-state index in [1.807, 2.05) is 60.7 Å². The number of amides is 1. The number of carbonyl (C=O) groups is 1. The van der Waals surface area contributed by atoms with Crippen molar-refractivity contribution in [3.63, 3.8) is 0 Å². The van der Waals surface area contributed by atoms with Crippen LogP contribution in [0.25, 0.3) is 0 Å². The third-order valence-electron chi connectivity index (χ3n) is 3.65. The van der Waals surface area contributed by atoms with Crippen molar-refractivity contribution >= 4 is 32.4 Å². The quantitative estimate of drug-likeness (QED) is 0.614. The van der Waals surface area contributed by atoms with Crippen LogP contribution in [0, 0.1) is 0 Å². The van der Waals surface area contributed by atoms with Crippen LogP contribution in [0.3, 0.4) is 0 Å². The van der Waals surface area contributed by atoms with Crippen LogP contribution < -0.4 is 5.32 Å². The van der Waals surface area contributed by atoms with Crippen LogP contribution in [0.2, 0.25) is 0 Å². The molecule has 7 nitrogen and oxygen atoms in total. The highest BCUT2D eigenvalue weighted by molar-refractivity contribution is 7.91. The van der Waals surface area contributed by atoms with Gasteiger partial charge in [-0.05, 0) is 11.1 Å². The van der Waals surface area contributed by atoms with Gasteiger partial charge in [-0.2, -0.15) is 4.31 Å². The molecule has 0 saturated heterocycles. The second kappa shape index (κ2) is 8.38. The van der Waals surface area contributed by atoms with E-state index in [0.717, 1.165) is 22.5 Å². The number of benzene rings is 2. The normalized spacial score (nSPS) is 11.5. The lowest BCUT2D eigenvalue weighted by molar-refractivity contribution is -0.114. The summed E-state index contributed by atoms with van der Waals surface area (Å²) in [6.07, 6.45) is 0. The van der Waals surface area contributed by atoms with E-state index in [1.165, 1.54) is 11.2 Å². The average Bonchev–Trinajstić information content (AvgIpc) is 3.11. The molecule has 140 valence electrons. The van der Waals surface area contributed by atoms with E-state index in [0.29, 0.717) is 0 Å². The summed E-state index contributed by atoms with van der Waals surface area (Å²) in [4.78, 5) is 11.2. The van der Waals surface area contributed by atoms with Gasteiger partial charge in [-0.15, -0.1) is 10.2 Å². The first-order chi connectivity index (χ1) is 12.9. The molecule has 3 rings (SSSR count). The minimum absolute atomic E-state index is 0.153. The summed E-state index contributed by atoms with van der Waals surface area (Å²) in [7, 11) is -3.89. The van der Waals surface area contributed by atoms with E-state index in [9.17, 15) is 13.2 Å². The fraction of sp³-hybridized carbons (Fsp3) is 0.167. The van der Waals surface area contributed by atoms with E-state index in [2.05, 4.69) is 15.5 Å². The third kappa shape index (κ3) is 4.97. The first kappa shape index (κ1) is 19.2. The van der Waals surface area contributed by atoms with Gasteiger partial charge in [-0.3, -0.25) is 4.79 Å². The number of aromatic nitrogens is 2. The second-order valence-electron chi connectivity index (χ2n) is 5.80. The molecule has 0 aliphatic rings. The predicted molar refractivity (Wildman–Crippen MR) is 104 cm³/mol. The van der Waals surface area contributed by atoms with E-state index in [1.54, 1.807) is 0 Å². The highest BCUT2D eigenvalue weighted by Crippen LogP contribution is 2.26. The van der Waals surface area contributed by atoms with Gasteiger partial charge in [0.1, 0.15) is 0 Å². The lowest BCUT2D eigenvalue weighted by Gasteiger charge is -2.21. The second-order valence-corrected chi connectivity index (χ2v) is 8.89. The van der Waals surface area contributed by atoms with Crippen LogP contribution in [-0.4, -0.2) is 28.8 Å². The fourth-order valence-corrected chi connectivity index (χ4v) is 4.93. The molecule has 0 fully saturated rings. The molecule has 27 heavy (non-hydrogen) atoms. The number of nitrogens with zero attached hydrogens (tertiary/aromatic N) is 3. The molecule has 0 unspecified atom stereocenters. The summed E-state index contributed by atoms with van der Waals surface area (Å²) in [6.45, 7) is 1.73. The summed E-state index contributed by atoms with van der Waals surface area (Å²) in [5.74, 6) is -0.333. The van der Waals surface area contributed by atoms with Gasteiger partial charge in [0.2, 0.25) is 15.4 Å². The highest BCUT2D eigenvalue weighted by Gasteiger charge is 2.29. The number of sulfonamides is 1. The smallest absolute Gasteiger partial charge is 0.272 e. The third-order valence-corrected chi connectivity index (χ3v) is 6.63. The Bertz CT molecular complexity index is 964. The van der Waals surface area contributed by atoms with Gasteiger partial charge >= 0.3 is 0 Å². The van der Waals surface area contributed by atoms with E-state index in [-0.39, 0.29) is 28.5 Å². The largest absolute Gasteiger partial charge is 0.301 e. The topological polar surface area (TPSA) is 92.3 Å². The molecule has 0 atom stereocenters. The molecule has 0 radical (unpaired) electrons. The van der Waals surface area contributed by atoms with Crippen LogP contribution in [0.5, 0.6) is 0 Å². The lowest BCUT2D eigenvalue weighted by atomic mass is 10.2. The van der Waals surface area contributed by atoms with Gasteiger partial charge in [0.05, 0.1) is 0 Å². The molecule has 0 saturated carbocycles. The average molecular weight is 403 g/mol. The molecule has 1 amide bonds. The first-order valence-electron chi connectivity index (χ1n) is 8.14. The zero-order chi connectivity index (χ0) is 19.3. The minimum atomic E-state index is -3.89. The summed E-state index contributed by atoms with van der Waals surface area (Å²) in [5, 5.41) is 10.1. The number of hydrogen-bond donors (Lipinski definition) is 1. The van der Waals surface area contributed by atoms with Crippen molar-refractivity contribution < 1.29 is 13.2 Å². The Balaban J connectivity index is 1.92. The standard InChI is InChI=1S/C18H18N4O3S2/c1-14(23)19-17-20-21-18(26-17)27(24,25)22(12-15-8-4-2-5-9-15)13-16-10-6-3-7-11-16/h2-11H,12-13H2,1H3,(H,19,20,23). The van der Waals surface area contributed by atoms with Gasteiger partial charge in [0, 0.05) is 20.0 Å². The van der Waals surface area contributed by atoms with Gasteiger partial charge < -0.3 is 5.32 Å². The Morgan fingerprint density at radius 2 is 1.48 bits per heavy atom. The lowest BCUT2D eigenvalue weighted by Crippen LogP contribution is -2.30. The zero-order valence-corrected chi connectivity index (χ0v) is 16.2. The Morgan fingerprint density at radius 1 is 0.963 bits per heavy atom. The highest BCUT2D eigenvalue weighted by atomic mass is 32.2. The first-order valence-corrected chi connectivity index (χ1v) is 10.4. The van der Waals surface area contributed by atoms with Crippen molar-refractivity contribution in [2.45, 2.75) is 24.4 Å². The SMILES string of the molecule is CC(=O)Nc1nnc(S(=O)(=O)N(Cc2ccccc2)Cc2ccccc2)s1. The summed E-state index contributed by atoms with van der Waals surface area (Å²) in [5.41, 5.74) is 1.73. The van der Waals surface area contributed by atoms with Crippen LogP contribution in [0.4, 0.5) is 5.13 Å². The van der Waals surface area contributed by atoms with Gasteiger partial charge in [0.25, 0.3) is 10.0 Å². The van der Waals surface area contributed by atoms with Crippen molar-refractivity contribution in [3.8, 4) is 0 Å². The maximum atomic E-state index is 13.2. The van der Waals surface area contributed by atoms with Gasteiger partial charge in [-0.25, -0.2) is 8.42 Å². The molecule has 0 bridgehead atoms. The molecule has 2 aromatic carbocycles. The maximum Gasteiger partial charge on any atom is 0.272 e. The molecule has 0 spiro atoms. The van der Waals surface area contributed by atoms with Crippen LogP contribution >= 0.6 is 11.3 Å². The van der Waals surface area contributed by atoms with Crippen molar-refractivity contribution in [1.29, 1.82) is 0 Å². The molecule has 3 aromatic rings. The Kier molecular flexibility index (Phi) is 5.94. The Hall–Kier alpha value is -2.62. The Labute approximate surface area is 161 Å². The molecule has 0 aliphatic heterocycles. The summed E-state index contributed by atoms with van der Waals surface area (Å²) < 4.78 is 27.5. The number of anilines is 1. The number of hydrogen-bond acceptors (Lipinski definition) is 6. The van der Waals surface area contributed by atoms with Crippen LogP contribution in [0.1, 0.15) is 18.1 Å². The van der Waals surface area contributed by atoms with Crippen LogP contribution in [-0.2, 0) is 27.9 Å². The molecule has 0 aliphatic carbocycles. The monoisotopic (exact) mass is 402 g/mol. The summed E-state index contributed by atoms with van der Waals surface area (Å²) >= 11 is 0.834. The van der Waals surface area contributed by atoms with Crippen molar-refractivity contribution in [1.82, 2.24) is 14.5 Å². The number of carbonyl (C=O) groups excluding carboxylic acids is 1. The van der Waals surface area contributed by atoms with E-state index in [4.69, 9.17) is 0 Å². The van der Waals surface area contributed by atoms with Gasteiger partial charge in [-0.1, -0.05) is 72.0 Å². The van der Waals surface area contributed by atoms with Crippen molar-refractivity contribution in [2.24, 2.45) is 0 Å². The van der Waals surface area contributed by atoms with Crippen molar-refractivity contribution in [2.75, 3.05) is 5.32 Å². The van der Waals surface area contributed by atoms with E-state index < -0.39 is 10.0 Å². The van der Waals surface area contributed by atoms with Gasteiger partial charge in [0.15, 0.2) is 0 Å². The fourth-order valence-electron chi connectivity index (χ4n) is 2.43. The molecule has 1 aromatic heterocycles. The number of rotatable bonds is 7. The molecular weight excluding hydrogens is 384 g/mol. The Morgan fingerprint density at radius 3 is 1.96 bits per heavy atom. The molecular formula is C18H18N4O3S2. The maximum absolute atomic E-state index is 13.2. The van der Waals surface area contributed by atoms with E-state index >= 15 is 0 Å². The zero-order valence-electron chi connectivity index (χ0n) is 14.6. The molecule has 9 heteroatoms. The predicted octanol–water partition coefficient (Wildman–Crippen LogP) is 2.89.